The summed E-state index contributed by atoms with van der Waals surface area (Å²) in [5.74, 6) is 1.75. The first-order valence-electron chi connectivity index (χ1n) is 14.0. The van der Waals surface area contributed by atoms with E-state index in [2.05, 4.69) is 22.2 Å². The van der Waals surface area contributed by atoms with Gasteiger partial charge in [0, 0.05) is 25.0 Å². The van der Waals surface area contributed by atoms with Gasteiger partial charge in [0.1, 0.15) is 5.75 Å². The van der Waals surface area contributed by atoms with E-state index >= 15 is 0 Å². The standard InChI is InChI=1S/C31H39N3O4S/c1-38-28-13-12-25-8-4-6-24(18-27(25)19-28)20-32-22-31(35)34-16-14-23(15-17-34)21-33-39(36,37)30-11-5-9-26-7-2-3-10-29(26)30/h2-3,5,7,9-13,19,23-24,32-33H,4,6,8,14-18,20-22H2,1H3. The molecule has 1 aliphatic heterocycles. The number of aryl methyl sites for hydroxylation is 1. The molecule has 1 unspecified atom stereocenters. The van der Waals surface area contributed by atoms with Gasteiger partial charge in [0.25, 0.3) is 0 Å². The molecule has 208 valence electrons. The van der Waals surface area contributed by atoms with Crippen LogP contribution in [0.4, 0.5) is 0 Å². The van der Waals surface area contributed by atoms with Crippen LogP contribution in [0.25, 0.3) is 10.8 Å². The number of ether oxygens (including phenoxy) is 1. The summed E-state index contributed by atoms with van der Waals surface area (Å²) in [7, 11) is -1.91. The number of likely N-dealkylation sites (tertiary alicyclic amines) is 1. The smallest absolute Gasteiger partial charge is 0.241 e. The van der Waals surface area contributed by atoms with Crippen molar-refractivity contribution in [2.75, 3.05) is 39.8 Å². The maximum Gasteiger partial charge on any atom is 0.241 e. The third kappa shape index (κ3) is 6.80. The summed E-state index contributed by atoms with van der Waals surface area (Å²) in [5.41, 5.74) is 2.78. The molecule has 39 heavy (non-hydrogen) atoms. The molecule has 3 aromatic rings. The van der Waals surface area contributed by atoms with Gasteiger partial charge in [-0.3, -0.25) is 4.79 Å². The second kappa shape index (κ2) is 12.5. The molecule has 3 aromatic carbocycles. The Labute approximate surface area is 232 Å². The number of fused-ring (bicyclic) bond motifs is 2. The molecule has 0 radical (unpaired) electrons. The van der Waals surface area contributed by atoms with Crippen molar-refractivity contribution in [3.8, 4) is 5.75 Å². The maximum atomic E-state index is 13.0. The molecule has 0 saturated carbocycles. The normalized spacial score (nSPS) is 18.5. The molecule has 8 heteroatoms. The molecule has 1 saturated heterocycles. The molecule has 1 heterocycles. The molecule has 2 aliphatic rings. The Balaban J connectivity index is 1.05. The molecule has 1 amide bonds. The summed E-state index contributed by atoms with van der Waals surface area (Å²) in [6, 6.07) is 19.3. The molecule has 0 aromatic heterocycles. The van der Waals surface area contributed by atoms with Crippen molar-refractivity contribution in [3.05, 3.63) is 71.8 Å². The SMILES string of the molecule is COc1ccc2c(c1)CC(CNCC(=O)N1CCC(CNS(=O)(=O)c3cccc4ccccc34)CC1)CCC2. The van der Waals surface area contributed by atoms with Crippen LogP contribution in [0.2, 0.25) is 0 Å². The number of piperidine rings is 1. The van der Waals surface area contributed by atoms with Gasteiger partial charge in [-0.25, -0.2) is 13.1 Å². The summed E-state index contributed by atoms with van der Waals surface area (Å²) >= 11 is 0. The summed E-state index contributed by atoms with van der Waals surface area (Å²) in [5, 5.41) is 5.05. The topological polar surface area (TPSA) is 87.7 Å². The predicted octanol–water partition coefficient (Wildman–Crippen LogP) is 4.15. The molecule has 0 spiro atoms. The van der Waals surface area contributed by atoms with E-state index < -0.39 is 10.0 Å². The lowest BCUT2D eigenvalue weighted by atomic mass is 9.96. The highest BCUT2D eigenvalue weighted by Crippen LogP contribution is 2.28. The molecular weight excluding hydrogens is 510 g/mol. The number of methoxy groups -OCH3 is 1. The Hall–Kier alpha value is -2.94. The van der Waals surface area contributed by atoms with Crippen LogP contribution in [0, 0.1) is 11.8 Å². The van der Waals surface area contributed by atoms with E-state index in [9.17, 15) is 13.2 Å². The molecular formula is C31H39N3O4S. The number of hydrogen-bond acceptors (Lipinski definition) is 5. The Morgan fingerprint density at radius 2 is 1.74 bits per heavy atom. The van der Waals surface area contributed by atoms with Crippen LogP contribution in [-0.4, -0.2) is 59.1 Å². The molecule has 5 rings (SSSR count). The van der Waals surface area contributed by atoms with E-state index in [1.165, 1.54) is 11.1 Å². The number of benzene rings is 3. The lowest BCUT2D eigenvalue weighted by molar-refractivity contribution is -0.131. The van der Waals surface area contributed by atoms with Crippen LogP contribution >= 0.6 is 0 Å². The third-order valence-electron chi connectivity index (χ3n) is 8.26. The van der Waals surface area contributed by atoms with Crippen LogP contribution in [0.15, 0.2) is 65.6 Å². The molecule has 7 nitrogen and oxygen atoms in total. The monoisotopic (exact) mass is 549 g/mol. The zero-order valence-corrected chi connectivity index (χ0v) is 23.5. The average Bonchev–Trinajstić information content (AvgIpc) is 3.17. The largest absolute Gasteiger partial charge is 0.497 e. The van der Waals surface area contributed by atoms with Crippen molar-refractivity contribution in [2.24, 2.45) is 11.8 Å². The van der Waals surface area contributed by atoms with Gasteiger partial charge in [-0.1, -0.05) is 42.5 Å². The molecule has 2 N–H and O–H groups in total. The Morgan fingerprint density at radius 3 is 2.56 bits per heavy atom. The average molecular weight is 550 g/mol. The van der Waals surface area contributed by atoms with Crippen LogP contribution in [0.3, 0.4) is 0 Å². The van der Waals surface area contributed by atoms with E-state index in [0.717, 1.165) is 61.6 Å². The van der Waals surface area contributed by atoms with Crippen molar-refractivity contribution in [1.29, 1.82) is 0 Å². The maximum absolute atomic E-state index is 13.0. The van der Waals surface area contributed by atoms with Crippen LogP contribution < -0.4 is 14.8 Å². The Morgan fingerprint density at radius 1 is 0.949 bits per heavy atom. The number of rotatable bonds is 9. The summed E-state index contributed by atoms with van der Waals surface area (Å²) in [6.45, 7) is 2.89. The van der Waals surface area contributed by atoms with Crippen LogP contribution in [0.1, 0.15) is 36.8 Å². The number of sulfonamides is 1. The van der Waals surface area contributed by atoms with Gasteiger partial charge >= 0.3 is 0 Å². The first-order valence-corrected chi connectivity index (χ1v) is 15.5. The van der Waals surface area contributed by atoms with Gasteiger partial charge in [0.2, 0.25) is 15.9 Å². The number of amides is 1. The van der Waals surface area contributed by atoms with E-state index in [1.807, 2.05) is 41.3 Å². The van der Waals surface area contributed by atoms with Crippen molar-refractivity contribution >= 4 is 26.7 Å². The van der Waals surface area contributed by atoms with Crippen molar-refractivity contribution in [2.45, 2.75) is 43.4 Å². The zero-order valence-electron chi connectivity index (χ0n) is 22.7. The second-order valence-electron chi connectivity index (χ2n) is 10.9. The fourth-order valence-electron chi connectivity index (χ4n) is 5.95. The predicted molar refractivity (Wildman–Crippen MR) is 154 cm³/mol. The number of carbonyl (C=O) groups is 1. The zero-order chi connectivity index (χ0) is 27.2. The van der Waals surface area contributed by atoms with Gasteiger partial charge < -0.3 is 15.0 Å². The number of nitrogens with zero attached hydrogens (tertiary/aromatic N) is 1. The minimum atomic E-state index is -3.61. The molecule has 0 bridgehead atoms. The van der Waals surface area contributed by atoms with E-state index in [1.54, 1.807) is 19.2 Å². The first kappa shape index (κ1) is 27.6. The first-order chi connectivity index (χ1) is 18.9. The van der Waals surface area contributed by atoms with Crippen LogP contribution in [-0.2, 0) is 27.7 Å². The van der Waals surface area contributed by atoms with E-state index in [0.29, 0.717) is 37.0 Å². The highest BCUT2D eigenvalue weighted by molar-refractivity contribution is 7.89. The molecule has 1 fully saturated rings. The molecule has 1 aliphatic carbocycles. The lowest BCUT2D eigenvalue weighted by Crippen LogP contribution is -2.45. The molecule has 1 atom stereocenters. The summed E-state index contributed by atoms with van der Waals surface area (Å²) in [6.07, 6.45) is 6.02. The van der Waals surface area contributed by atoms with Crippen molar-refractivity contribution in [1.82, 2.24) is 14.9 Å². The van der Waals surface area contributed by atoms with E-state index in [-0.39, 0.29) is 11.8 Å². The highest BCUT2D eigenvalue weighted by atomic mass is 32.2. The number of nitrogens with one attached hydrogen (secondary N) is 2. The van der Waals surface area contributed by atoms with Crippen molar-refractivity contribution in [3.63, 3.8) is 0 Å². The van der Waals surface area contributed by atoms with Gasteiger partial charge in [-0.15, -0.1) is 0 Å². The second-order valence-corrected chi connectivity index (χ2v) is 12.6. The summed E-state index contributed by atoms with van der Waals surface area (Å²) < 4.78 is 34.3. The highest BCUT2D eigenvalue weighted by Gasteiger charge is 2.25. The van der Waals surface area contributed by atoms with Gasteiger partial charge in [0.15, 0.2) is 0 Å². The Bertz CT molecular complexity index is 1390. The van der Waals surface area contributed by atoms with Gasteiger partial charge in [-0.05, 0) is 91.6 Å². The Kier molecular flexibility index (Phi) is 8.85. The number of hydrogen-bond donors (Lipinski definition) is 2. The van der Waals surface area contributed by atoms with E-state index in [4.69, 9.17) is 4.74 Å². The minimum Gasteiger partial charge on any atom is -0.497 e. The lowest BCUT2D eigenvalue weighted by Gasteiger charge is -2.32. The van der Waals surface area contributed by atoms with Crippen LogP contribution in [0.5, 0.6) is 5.75 Å². The minimum absolute atomic E-state index is 0.125. The van der Waals surface area contributed by atoms with Gasteiger partial charge in [0.05, 0.1) is 18.6 Å². The fraction of sp³-hybridized carbons (Fsp3) is 0.452. The quantitative estimate of drug-likeness (QED) is 0.392. The third-order valence-corrected chi connectivity index (χ3v) is 9.74. The summed E-state index contributed by atoms with van der Waals surface area (Å²) in [4.78, 5) is 15.1. The fourth-order valence-corrected chi connectivity index (χ4v) is 7.29. The van der Waals surface area contributed by atoms with Crippen molar-refractivity contribution < 1.29 is 17.9 Å². The number of carbonyl (C=O) groups excluding carboxylic acids is 1. The van der Waals surface area contributed by atoms with Gasteiger partial charge in [-0.2, -0.15) is 0 Å².